The predicted octanol–water partition coefficient (Wildman–Crippen LogP) is 2.48. The Bertz CT molecular complexity index is 172. The summed E-state index contributed by atoms with van der Waals surface area (Å²) in [7, 11) is 0. The van der Waals surface area contributed by atoms with Gasteiger partial charge in [-0.1, -0.05) is 6.92 Å². The molecule has 1 aromatic rings. The molecule has 0 saturated heterocycles. The summed E-state index contributed by atoms with van der Waals surface area (Å²) in [5.74, 6) is 0. The molecule has 0 aromatic heterocycles. The molecule has 0 fully saturated rings. The third kappa shape index (κ3) is 2.88. The maximum absolute atomic E-state index is 4.27. The summed E-state index contributed by atoms with van der Waals surface area (Å²) < 4.78 is 0. The molecule has 1 atom stereocenters. The van der Waals surface area contributed by atoms with Crippen molar-refractivity contribution in [2.45, 2.75) is 12.2 Å². The Morgan fingerprint density at radius 3 is 2.20 bits per heavy atom. The maximum atomic E-state index is 4.27. The average molecular weight is 323 g/mol. The zero-order chi connectivity index (χ0) is 6.69. The first-order valence-electron chi connectivity index (χ1n) is 2.95. The normalized spacial score (nSPS) is 11.8. The van der Waals surface area contributed by atoms with E-state index in [1.807, 2.05) is 24.3 Å². The SMILES string of the molecule is CC(S)c1cc[c-]cc1.[Re]. The van der Waals surface area contributed by atoms with Crippen LogP contribution in [0.5, 0.6) is 0 Å². The van der Waals surface area contributed by atoms with E-state index in [4.69, 9.17) is 0 Å². The van der Waals surface area contributed by atoms with Crippen LogP contribution in [0.15, 0.2) is 24.3 Å². The molecule has 0 amide bonds. The minimum atomic E-state index is 0. The molecule has 1 radical (unpaired) electrons. The van der Waals surface area contributed by atoms with Crippen molar-refractivity contribution in [2.75, 3.05) is 0 Å². The number of hydrogen-bond acceptors (Lipinski definition) is 1. The van der Waals surface area contributed by atoms with Gasteiger partial charge in [-0.05, 0) is 0 Å². The van der Waals surface area contributed by atoms with E-state index in [-0.39, 0.29) is 20.4 Å². The summed E-state index contributed by atoms with van der Waals surface area (Å²) in [6.45, 7) is 2.05. The Morgan fingerprint density at radius 2 is 1.90 bits per heavy atom. The van der Waals surface area contributed by atoms with Gasteiger partial charge >= 0.3 is 0 Å². The first-order valence-corrected chi connectivity index (χ1v) is 3.46. The van der Waals surface area contributed by atoms with E-state index < -0.39 is 0 Å². The molecule has 0 bridgehead atoms. The van der Waals surface area contributed by atoms with E-state index in [9.17, 15) is 0 Å². The van der Waals surface area contributed by atoms with Crippen molar-refractivity contribution in [3.05, 3.63) is 35.9 Å². The van der Waals surface area contributed by atoms with E-state index in [1.54, 1.807) is 0 Å². The van der Waals surface area contributed by atoms with Crippen LogP contribution in [0.25, 0.3) is 0 Å². The summed E-state index contributed by atoms with van der Waals surface area (Å²) in [5.41, 5.74) is 1.25. The molecular formula is C8H9ReS-. The van der Waals surface area contributed by atoms with Crippen LogP contribution in [0.4, 0.5) is 0 Å². The van der Waals surface area contributed by atoms with Crippen molar-refractivity contribution in [1.29, 1.82) is 0 Å². The van der Waals surface area contributed by atoms with Gasteiger partial charge in [0.1, 0.15) is 0 Å². The van der Waals surface area contributed by atoms with Gasteiger partial charge in [-0.25, -0.2) is 0 Å². The maximum Gasteiger partial charge on any atom is 0.00171 e. The molecule has 0 saturated carbocycles. The van der Waals surface area contributed by atoms with Crippen molar-refractivity contribution in [2.24, 2.45) is 0 Å². The molecule has 0 aliphatic carbocycles. The van der Waals surface area contributed by atoms with Crippen LogP contribution >= 0.6 is 12.6 Å². The van der Waals surface area contributed by atoms with Gasteiger partial charge in [0.15, 0.2) is 0 Å². The van der Waals surface area contributed by atoms with Crippen molar-refractivity contribution < 1.29 is 20.4 Å². The van der Waals surface area contributed by atoms with Crippen LogP contribution < -0.4 is 0 Å². The molecule has 55 valence electrons. The molecule has 1 rings (SSSR count). The zero-order valence-electron chi connectivity index (χ0n) is 5.71. The standard InChI is InChI=1S/C8H9S.Re/c1-7(9)8-5-3-2-4-6-8;/h3-7,9H,1H3;/q-1;. The van der Waals surface area contributed by atoms with Crippen molar-refractivity contribution in [1.82, 2.24) is 0 Å². The average Bonchev–Trinajstić information content (AvgIpc) is 1.90. The molecule has 1 aromatic carbocycles. The molecule has 0 aliphatic rings. The second-order valence-electron chi connectivity index (χ2n) is 2.01. The quantitative estimate of drug-likeness (QED) is 0.596. The first kappa shape index (κ1) is 10.2. The number of thiol groups is 1. The molecule has 0 spiro atoms. The molecule has 0 nitrogen and oxygen atoms in total. The first-order chi connectivity index (χ1) is 4.30. The Balaban J connectivity index is 0.000000810. The van der Waals surface area contributed by atoms with E-state index >= 15 is 0 Å². The Hall–Kier alpha value is 0.232. The van der Waals surface area contributed by atoms with Gasteiger partial charge in [0.05, 0.1) is 0 Å². The van der Waals surface area contributed by atoms with E-state index in [1.165, 1.54) is 5.56 Å². The van der Waals surface area contributed by atoms with Crippen LogP contribution in [0, 0.1) is 6.07 Å². The molecule has 0 aliphatic heterocycles. The number of rotatable bonds is 1. The summed E-state index contributed by atoms with van der Waals surface area (Å²) in [4.78, 5) is 0. The molecule has 0 N–H and O–H groups in total. The number of benzene rings is 1. The van der Waals surface area contributed by atoms with Gasteiger partial charge in [0.25, 0.3) is 0 Å². The summed E-state index contributed by atoms with van der Waals surface area (Å²) in [6, 6.07) is 10.8. The number of hydrogen-bond donors (Lipinski definition) is 1. The Labute approximate surface area is 81.1 Å². The fraction of sp³-hybridized carbons (Fsp3) is 0.250. The van der Waals surface area contributed by atoms with Crippen molar-refractivity contribution >= 4 is 12.6 Å². The van der Waals surface area contributed by atoms with Gasteiger partial charge < -0.3 is 0 Å². The summed E-state index contributed by atoms with van der Waals surface area (Å²) >= 11 is 4.27. The van der Waals surface area contributed by atoms with Gasteiger partial charge in [-0.2, -0.15) is 43.0 Å². The van der Waals surface area contributed by atoms with E-state index in [2.05, 4.69) is 25.6 Å². The van der Waals surface area contributed by atoms with Gasteiger partial charge in [-0.3, -0.25) is 0 Å². The zero-order valence-corrected chi connectivity index (χ0v) is 9.32. The van der Waals surface area contributed by atoms with Crippen LogP contribution in [0.2, 0.25) is 0 Å². The molecule has 0 heterocycles. The van der Waals surface area contributed by atoms with Gasteiger partial charge in [0, 0.05) is 25.7 Å². The van der Waals surface area contributed by atoms with Gasteiger partial charge in [0.2, 0.25) is 0 Å². The monoisotopic (exact) mass is 324 g/mol. The molecule has 2 heteroatoms. The van der Waals surface area contributed by atoms with E-state index in [0.717, 1.165) is 0 Å². The van der Waals surface area contributed by atoms with Crippen LogP contribution in [0.3, 0.4) is 0 Å². The topological polar surface area (TPSA) is 0 Å². The van der Waals surface area contributed by atoms with Crippen molar-refractivity contribution in [3.8, 4) is 0 Å². The van der Waals surface area contributed by atoms with Gasteiger partial charge in [-0.15, -0.1) is 5.56 Å². The molecule has 1 unspecified atom stereocenters. The third-order valence-corrected chi connectivity index (χ3v) is 1.52. The Morgan fingerprint density at radius 1 is 1.40 bits per heavy atom. The van der Waals surface area contributed by atoms with Crippen LogP contribution in [0.1, 0.15) is 17.7 Å². The third-order valence-electron chi connectivity index (χ3n) is 1.23. The van der Waals surface area contributed by atoms with Crippen molar-refractivity contribution in [3.63, 3.8) is 0 Å². The minimum Gasteiger partial charge on any atom is -0.184 e. The second kappa shape index (κ2) is 4.96. The van der Waals surface area contributed by atoms with Crippen LogP contribution in [-0.2, 0) is 20.4 Å². The molecular weight excluding hydrogens is 314 g/mol. The van der Waals surface area contributed by atoms with E-state index in [0.29, 0.717) is 5.25 Å². The fourth-order valence-corrected chi connectivity index (χ4v) is 0.850. The smallest absolute Gasteiger partial charge is 0.00171 e. The fourth-order valence-electron chi connectivity index (χ4n) is 0.678. The Kier molecular flexibility index (Phi) is 5.07. The molecule has 10 heavy (non-hydrogen) atoms. The summed E-state index contributed by atoms with van der Waals surface area (Å²) in [6.07, 6.45) is 0. The largest absolute Gasteiger partial charge is 0.184 e. The predicted molar refractivity (Wildman–Crippen MR) is 42.7 cm³/mol. The van der Waals surface area contributed by atoms with Crippen LogP contribution in [-0.4, -0.2) is 0 Å². The minimum absolute atomic E-state index is 0. The second-order valence-corrected chi connectivity index (χ2v) is 2.78. The summed E-state index contributed by atoms with van der Waals surface area (Å²) in [5, 5.41) is 0.333.